The maximum Gasteiger partial charge on any atom is 0.421 e. The van der Waals surface area contributed by atoms with Gasteiger partial charge in [-0.1, -0.05) is 18.7 Å². The zero-order valence-corrected chi connectivity index (χ0v) is 25.0. The first-order chi connectivity index (χ1) is 20.5. The zero-order valence-electron chi connectivity index (χ0n) is 25.0. The topological polar surface area (TPSA) is 69.4 Å². The van der Waals surface area contributed by atoms with Crippen LogP contribution in [-0.4, -0.2) is 96.9 Å². The number of carbonyl (C=O) groups excluding carboxylic acids is 1. The number of fused-ring (bicyclic) bond motifs is 1. The molecule has 2 saturated heterocycles. The fraction of sp³-hybridized carbons (Fsp3) is 0.548. The van der Waals surface area contributed by atoms with Crippen molar-refractivity contribution in [2.75, 3.05) is 62.7 Å². The lowest BCUT2D eigenvalue weighted by Crippen LogP contribution is -2.57. The molecule has 5 rings (SSSR count). The van der Waals surface area contributed by atoms with Crippen molar-refractivity contribution < 1.29 is 22.7 Å². The van der Waals surface area contributed by atoms with Gasteiger partial charge in [0.2, 0.25) is 6.54 Å². The number of benzene rings is 1. The van der Waals surface area contributed by atoms with Gasteiger partial charge in [0.15, 0.2) is 0 Å². The van der Waals surface area contributed by atoms with Gasteiger partial charge in [0.05, 0.1) is 12.2 Å². The second kappa shape index (κ2) is 12.4. The summed E-state index contributed by atoms with van der Waals surface area (Å²) in [6.07, 6.45) is -2.02. The van der Waals surface area contributed by atoms with Gasteiger partial charge in [-0.25, -0.2) is 6.57 Å². The third-order valence-electron chi connectivity index (χ3n) is 8.96. The molecule has 0 aliphatic carbocycles. The molecule has 0 radical (unpaired) electrons. The standard InChI is InChI=1S/C31H38F3N7O2/c1-20-8-6-10-27(21(20)2)39-13-11-25-26(18-39)36-30(43-19-23-9-7-12-38(23)5)37-28(25)40-14-15-41(24(17-40)16-35-4)29(42)22(3)31(32,33)34/h6,8,10,23-24H,3,7,9,11-19H2,1-2,5H3/t23-,24-/m0/s1. The summed E-state index contributed by atoms with van der Waals surface area (Å²) in [6.45, 7) is 17.7. The van der Waals surface area contributed by atoms with Crippen molar-refractivity contribution in [3.05, 3.63) is 64.2 Å². The van der Waals surface area contributed by atoms with Crippen LogP contribution in [-0.2, 0) is 17.8 Å². The minimum atomic E-state index is -4.83. The first kappa shape index (κ1) is 30.6. The molecule has 0 spiro atoms. The van der Waals surface area contributed by atoms with Crippen LogP contribution in [0.2, 0.25) is 0 Å². The maximum absolute atomic E-state index is 13.3. The molecule has 230 valence electrons. The lowest BCUT2D eigenvalue weighted by atomic mass is 10.0. The van der Waals surface area contributed by atoms with Crippen molar-refractivity contribution in [3.63, 3.8) is 0 Å². The Kier molecular flexibility index (Phi) is 8.83. The molecule has 3 aliphatic rings. The van der Waals surface area contributed by atoms with Crippen LogP contribution in [0.3, 0.4) is 0 Å². The highest BCUT2D eigenvalue weighted by molar-refractivity contribution is 5.94. The molecular weight excluding hydrogens is 559 g/mol. The number of likely N-dealkylation sites (N-methyl/N-ethyl adjacent to an activating group) is 1. The Morgan fingerprint density at radius 2 is 1.93 bits per heavy atom. The number of aryl methyl sites for hydroxylation is 1. The molecule has 2 aromatic rings. The smallest absolute Gasteiger partial charge is 0.421 e. The van der Waals surface area contributed by atoms with E-state index in [0.717, 1.165) is 47.8 Å². The molecule has 2 fully saturated rings. The molecule has 1 amide bonds. The summed E-state index contributed by atoms with van der Waals surface area (Å²) in [5, 5.41) is 0. The molecule has 12 heteroatoms. The first-order valence-electron chi connectivity index (χ1n) is 14.7. The second-order valence-corrected chi connectivity index (χ2v) is 11.6. The van der Waals surface area contributed by atoms with E-state index < -0.39 is 23.7 Å². The lowest BCUT2D eigenvalue weighted by Gasteiger charge is -2.41. The summed E-state index contributed by atoms with van der Waals surface area (Å²) in [4.78, 5) is 33.6. The number of likely N-dealkylation sites (tertiary alicyclic amines) is 1. The summed E-state index contributed by atoms with van der Waals surface area (Å²) in [7, 11) is 2.08. The molecule has 9 nitrogen and oxygen atoms in total. The molecule has 1 aromatic heterocycles. The van der Waals surface area contributed by atoms with E-state index in [4.69, 9.17) is 21.3 Å². The molecular formula is C31H38F3N7O2. The molecule has 0 saturated carbocycles. The van der Waals surface area contributed by atoms with E-state index in [2.05, 4.69) is 60.3 Å². The van der Waals surface area contributed by atoms with Gasteiger partial charge in [0.1, 0.15) is 24.0 Å². The number of alkyl halides is 3. The highest BCUT2D eigenvalue weighted by Crippen LogP contribution is 2.34. The van der Waals surface area contributed by atoms with Crippen LogP contribution in [0, 0.1) is 20.4 Å². The molecule has 0 unspecified atom stereocenters. The lowest BCUT2D eigenvalue weighted by molar-refractivity contribution is -0.141. The molecule has 3 aliphatic heterocycles. The molecule has 4 heterocycles. The third kappa shape index (κ3) is 6.42. The number of hydrogen-bond acceptors (Lipinski definition) is 7. The van der Waals surface area contributed by atoms with Gasteiger partial charge in [-0.15, -0.1) is 0 Å². The van der Waals surface area contributed by atoms with Crippen molar-refractivity contribution in [1.29, 1.82) is 0 Å². The number of aromatic nitrogens is 2. The number of carbonyl (C=O) groups is 1. The second-order valence-electron chi connectivity index (χ2n) is 11.6. The van der Waals surface area contributed by atoms with Crippen LogP contribution in [0.25, 0.3) is 4.85 Å². The molecule has 0 N–H and O–H groups in total. The molecule has 1 aromatic carbocycles. The van der Waals surface area contributed by atoms with Gasteiger partial charge in [-0.05, 0) is 63.9 Å². The monoisotopic (exact) mass is 597 g/mol. The number of anilines is 2. The van der Waals surface area contributed by atoms with Crippen molar-refractivity contribution in [2.45, 2.75) is 57.9 Å². The van der Waals surface area contributed by atoms with Crippen LogP contribution in [0.4, 0.5) is 24.7 Å². The summed E-state index contributed by atoms with van der Waals surface area (Å²) in [5.41, 5.74) is 3.96. The Balaban J connectivity index is 1.45. The number of ether oxygens (including phenoxy) is 1. The van der Waals surface area contributed by atoms with Gasteiger partial charge in [-0.2, -0.15) is 23.1 Å². The quantitative estimate of drug-likeness (QED) is 0.351. The number of halogens is 3. The van der Waals surface area contributed by atoms with Crippen molar-refractivity contribution in [1.82, 2.24) is 19.8 Å². The number of rotatable bonds is 7. The Morgan fingerprint density at radius 1 is 1.14 bits per heavy atom. The van der Waals surface area contributed by atoms with Gasteiger partial charge in [0.25, 0.3) is 5.91 Å². The predicted molar refractivity (Wildman–Crippen MR) is 158 cm³/mol. The van der Waals surface area contributed by atoms with E-state index in [9.17, 15) is 18.0 Å². The summed E-state index contributed by atoms with van der Waals surface area (Å²) < 4.78 is 46.1. The highest BCUT2D eigenvalue weighted by atomic mass is 19.4. The van der Waals surface area contributed by atoms with Gasteiger partial charge < -0.3 is 29.2 Å². The number of amides is 1. The maximum atomic E-state index is 13.3. The average molecular weight is 598 g/mol. The van der Waals surface area contributed by atoms with Gasteiger partial charge in [-0.3, -0.25) is 4.79 Å². The van der Waals surface area contributed by atoms with Crippen molar-refractivity contribution in [2.24, 2.45) is 0 Å². The van der Waals surface area contributed by atoms with Crippen LogP contribution in [0.5, 0.6) is 6.01 Å². The van der Waals surface area contributed by atoms with Crippen LogP contribution >= 0.6 is 0 Å². The Morgan fingerprint density at radius 3 is 2.63 bits per heavy atom. The summed E-state index contributed by atoms with van der Waals surface area (Å²) in [5.74, 6) is -0.517. The number of hydrogen-bond donors (Lipinski definition) is 0. The van der Waals surface area contributed by atoms with Crippen LogP contribution in [0.1, 0.15) is 35.2 Å². The minimum Gasteiger partial charge on any atom is -0.462 e. The van der Waals surface area contributed by atoms with E-state index in [1.807, 2.05) is 4.90 Å². The minimum absolute atomic E-state index is 0.0184. The summed E-state index contributed by atoms with van der Waals surface area (Å²) in [6, 6.07) is 6.06. The zero-order chi connectivity index (χ0) is 30.9. The van der Waals surface area contributed by atoms with E-state index in [1.54, 1.807) is 0 Å². The van der Waals surface area contributed by atoms with E-state index in [0.29, 0.717) is 25.4 Å². The normalized spacial score (nSPS) is 21.0. The van der Waals surface area contributed by atoms with Crippen LogP contribution in [0.15, 0.2) is 30.4 Å². The largest absolute Gasteiger partial charge is 0.462 e. The van der Waals surface area contributed by atoms with Crippen molar-refractivity contribution >= 4 is 17.4 Å². The summed E-state index contributed by atoms with van der Waals surface area (Å²) >= 11 is 0. The van der Waals surface area contributed by atoms with E-state index in [1.165, 1.54) is 11.1 Å². The van der Waals surface area contributed by atoms with E-state index >= 15 is 0 Å². The van der Waals surface area contributed by atoms with Gasteiger partial charge in [0, 0.05) is 43.5 Å². The molecule has 2 atom stereocenters. The van der Waals surface area contributed by atoms with Crippen LogP contribution < -0.4 is 14.5 Å². The third-order valence-corrected chi connectivity index (χ3v) is 8.96. The first-order valence-corrected chi connectivity index (χ1v) is 14.7. The van der Waals surface area contributed by atoms with Gasteiger partial charge >= 0.3 is 12.2 Å². The number of nitrogens with zero attached hydrogens (tertiary/aromatic N) is 7. The fourth-order valence-electron chi connectivity index (χ4n) is 6.23. The SMILES string of the molecule is [C-]#[N+]C[C@H]1CN(c2nc(OC[C@@H]3CCCN3C)nc3c2CCN(c2cccc(C)c2C)C3)CCN1C(=O)C(=C)C(F)(F)F. The Hall–Kier alpha value is -3.85. The fourth-order valence-corrected chi connectivity index (χ4v) is 6.23. The molecule has 0 bridgehead atoms. The Bertz CT molecular complexity index is 1420. The van der Waals surface area contributed by atoms with Crippen molar-refractivity contribution in [3.8, 4) is 6.01 Å². The number of piperazine rings is 1. The predicted octanol–water partition coefficient (Wildman–Crippen LogP) is 4.18. The van der Waals surface area contributed by atoms with E-state index in [-0.39, 0.29) is 38.2 Å². The highest BCUT2D eigenvalue weighted by Gasteiger charge is 2.43. The molecule has 43 heavy (non-hydrogen) atoms. The average Bonchev–Trinajstić information content (AvgIpc) is 3.40. The Labute approximate surface area is 250 Å².